The van der Waals surface area contributed by atoms with E-state index in [4.69, 9.17) is 4.74 Å². The summed E-state index contributed by atoms with van der Waals surface area (Å²) in [5.41, 5.74) is 1.62. The molecule has 3 rings (SSSR count). The molecule has 0 atom stereocenters. The SMILES string of the molecule is O=C(Cc1ccccc1)Nc1cnn(COc2ccc(Br)cc2)c1. The minimum absolute atomic E-state index is 0.0745. The third kappa shape index (κ3) is 4.70. The fraction of sp³-hybridized carbons (Fsp3) is 0.111. The molecule has 0 spiro atoms. The van der Waals surface area contributed by atoms with Crippen LogP contribution in [0.25, 0.3) is 0 Å². The molecular weight excluding hydrogens is 370 g/mol. The normalized spacial score (nSPS) is 10.4. The van der Waals surface area contributed by atoms with Crippen LogP contribution in [0.2, 0.25) is 0 Å². The Morgan fingerprint density at radius 2 is 1.88 bits per heavy atom. The van der Waals surface area contributed by atoms with Crippen LogP contribution in [-0.2, 0) is 17.9 Å². The summed E-state index contributed by atoms with van der Waals surface area (Å²) in [6.07, 6.45) is 3.68. The summed E-state index contributed by atoms with van der Waals surface area (Å²) in [6, 6.07) is 17.2. The van der Waals surface area contributed by atoms with Crippen molar-refractivity contribution >= 4 is 27.5 Å². The smallest absolute Gasteiger partial charge is 0.228 e. The van der Waals surface area contributed by atoms with Gasteiger partial charge in [-0.05, 0) is 29.8 Å². The predicted octanol–water partition coefficient (Wildman–Crippen LogP) is 3.86. The molecule has 0 aliphatic carbocycles. The molecule has 1 aromatic heterocycles. The molecule has 0 saturated carbocycles. The highest BCUT2D eigenvalue weighted by molar-refractivity contribution is 9.10. The van der Waals surface area contributed by atoms with Gasteiger partial charge >= 0.3 is 0 Å². The quantitative estimate of drug-likeness (QED) is 0.700. The van der Waals surface area contributed by atoms with Gasteiger partial charge in [0.15, 0.2) is 6.73 Å². The van der Waals surface area contributed by atoms with Gasteiger partial charge in [-0.3, -0.25) is 4.79 Å². The topological polar surface area (TPSA) is 56.2 Å². The van der Waals surface area contributed by atoms with Crippen molar-refractivity contribution in [2.24, 2.45) is 0 Å². The van der Waals surface area contributed by atoms with Gasteiger partial charge in [-0.25, -0.2) is 4.68 Å². The van der Waals surface area contributed by atoms with E-state index in [-0.39, 0.29) is 12.6 Å². The van der Waals surface area contributed by atoms with Crippen LogP contribution in [0, 0.1) is 0 Å². The zero-order valence-electron chi connectivity index (χ0n) is 12.9. The van der Waals surface area contributed by atoms with E-state index in [1.54, 1.807) is 17.1 Å². The van der Waals surface area contributed by atoms with E-state index in [0.717, 1.165) is 15.8 Å². The van der Waals surface area contributed by atoms with Crippen molar-refractivity contribution in [2.45, 2.75) is 13.2 Å². The van der Waals surface area contributed by atoms with Gasteiger partial charge in [-0.1, -0.05) is 46.3 Å². The third-order valence-electron chi connectivity index (χ3n) is 3.30. The Labute approximate surface area is 148 Å². The third-order valence-corrected chi connectivity index (χ3v) is 3.83. The van der Waals surface area contributed by atoms with Crippen molar-refractivity contribution in [3.05, 3.63) is 77.0 Å². The molecule has 1 heterocycles. The molecule has 0 aliphatic heterocycles. The largest absolute Gasteiger partial charge is 0.471 e. The van der Waals surface area contributed by atoms with Crippen LogP contribution in [0.15, 0.2) is 71.5 Å². The van der Waals surface area contributed by atoms with E-state index in [1.165, 1.54) is 0 Å². The molecule has 2 aromatic carbocycles. The molecular formula is C18H16BrN3O2. The number of aromatic nitrogens is 2. The van der Waals surface area contributed by atoms with Gasteiger partial charge in [0, 0.05) is 4.47 Å². The van der Waals surface area contributed by atoms with E-state index in [1.807, 2.05) is 54.6 Å². The summed E-state index contributed by atoms with van der Waals surface area (Å²) in [5, 5.41) is 7.01. The summed E-state index contributed by atoms with van der Waals surface area (Å²) in [6.45, 7) is 0.274. The van der Waals surface area contributed by atoms with Crippen LogP contribution in [0.5, 0.6) is 5.75 Å². The highest BCUT2D eigenvalue weighted by Crippen LogP contribution is 2.16. The van der Waals surface area contributed by atoms with Crippen LogP contribution >= 0.6 is 15.9 Å². The number of nitrogens with one attached hydrogen (secondary N) is 1. The molecule has 0 unspecified atom stereocenters. The molecule has 0 bridgehead atoms. The molecule has 3 aromatic rings. The molecule has 0 radical (unpaired) electrons. The molecule has 0 aliphatic rings. The number of halogens is 1. The van der Waals surface area contributed by atoms with E-state index in [2.05, 4.69) is 26.3 Å². The van der Waals surface area contributed by atoms with E-state index >= 15 is 0 Å². The zero-order chi connectivity index (χ0) is 16.8. The Hall–Kier alpha value is -2.60. The van der Waals surface area contributed by atoms with Crippen LogP contribution in [0.4, 0.5) is 5.69 Å². The number of ether oxygens (including phenoxy) is 1. The molecule has 122 valence electrons. The minimum Gasteiger partial charge on any atom is -0.471 e. The fourth-order valence-corrected chi connectivity index (χ4v) is 2.42. The summed E-state index contributed by atoms with van der Waals surface area (Å²) < 4.78 is 8.25. The minimum atomic E-state index is -0.0745. The van der Waals surface area contributed by atoms with Crippen LogP contribution < -0.4 is 10.1 Å². The Morgan fingerprint density at radius 3 is 2.62 bits per heavy atom. The van der Waals surface area contributed by atoms with Gasteiger partial charge in [0.25, 0.3) is 0 Å². The Kier molecular flexibility index (Phi) is 5.28. The van der Waals surface area contributed by atoms with Crippen molar-refractivity contribution < 1.29 is 9.53 Å². The number of rotatable bonds is 6. The van der Waals surface area contributed by atoms with Gasteiger partial charge < -0.3 is 10.1 Å². The zero-order valence-corrected chi connectivity index (χ0v) is 14.4. The van der Waals surface area contributed by atoms with Gasteiger partial charge in [0.05, 0.1) is 24.5 Å². The molecule has 6 heteroatoms. The van der Waals surface area contributed by atoms with Gasteiger partial charge in [0.2, 0.25) is 5.91 Å². The van der Waals surface area contributed by atoms with Crippen LogP contribution in [0.3, 0.4) is 0 Å². The fourth-order valence-electron chi connectivity index (χ4n) is 2.16. The lowest BCUT2D eigenvalue weighted by Crippen LogP contribution is -2.14. The first-order chi connectivity index (χ1) is 11.7. The average Bonchev–Trinajstić information content (AvgIpc) is 3.02. The highest BCUT2D eigenvalue weighted by Gasteiger charge is 2.06. The van der Waals surface area contributed by atoms with Crippen molar-refractivity contribution in [1.29, 1.82) is 0 Å². The van der Waals surface area contributed by atoms with E-state index in [9.17, 15) is 4.79 Å². The standard InChI is InChI=1S/C18H16BrN3O2/c19-15-6-8-17(9-7-15)24-13-22-12-16(11-20-22)21-18(23)10-14-4-2-1-3-5-14/h1-9,11-12H,10,13H2,(H,21,23). The molecule has 1 N–H and O–H groups in total. The number of benzene rings is 2. The monoisotopic (exact) mass is 385 g/mol. The molecule has 1 amide bonds. The number of amides is 1. The van der Waals surface area contributed by atoms with Gasteiger partial charge in [-0.15, -0.1) is 0 Å². The number of hydrogen-bond acceptors (Lipinski definition) is 3. The number of carbonyl (C=O) groups excluding carboxylic acids is 1. The molecule has 24 heavy (non-hydrogen) atoms. The van der Waals surface area contributed by atoms with E-state index in [0.29, 0.717) is 12.1 Å². The summed E-state index contributed by atoms with van der Waals surface area (Å²) >= 11 is 3.38. The number of carbonyl (C=O) groups is 1. The predicted molar refractivity (Wildman–Crippen MR) is 95.8 cm³/mol. The van der Waals surface area contributed by atoms with Gasteiger partial charge in [0.1, 0.15) is 5.75 Å². The maximum absolute atomic E-state index is 12.0. The Balaban J connectivity index is 1.51. The summed E-state index contributed by atoms with van der Waals surface area (Å²) in [7, 11) is 0. The maximum atomic E-state index is 12.0. The number of hydrogen-bond donors (Lipinski definition) is 1. The van der Waals surface area contributed by atoms with Crippen molar-refractivity contribution in [3.63, 3.8) is 0 Å². The van der Waals surface area contributed by atoms with E-state index < -0.39 is 0 Å². The van der Waals surface area contributed by atoms with Crippen molar-refractivity contribution in [3.8, 4) is 5.75 Å². The lowest BCUT2D eigenvalue weighted by atomic mass is 10.1. The molecule has 0 saturated heterocycles. The first kappa shape index (κ1) is 16.3. The number of anilines is 1. The Morgan fingerprint density at radius 1 is 1.12 bits per heavy atom. The summed E-state index contributed by atoms with van der Waals surface area (Å²) in [5.74, 6) is 0.679. The first-order valence-corrected chi connectivity index (χ1v) is 8.23. The lowest BCUT2D eigenvalue weighted by molar-refractivity contribution is -0.115. The lowest BCUT2D eigenvalue weighted by Gasteiger charge is -2.06. The second-order valence-corrected chi connectivity index (χ2v) is 6.12. The first-order valence-electron chi connectivity index (χ1n) is 7.44. The highest BCUT2D eigenvalue weighted by atomic mass is 79.9. The maximum Gasteiger partial charge on any atom is 0.228 e. The van der Waals surface area contributed by atoms with Crippen molar-refractivity contribution in [2.75, 3.05) is 5.32 Å². The second kappa shape index (κ2) is 7.79. The average molecular weight is 386 g/mol. The molecule has 5 nitrogen and oxygen atoms in total. The summed E-state index contributed by atoms with van der Waals surface area (Å²) in [4.78, 5) is 12.0. The van der Waals surface area contributed by atoms with Crippen LogP contribution in [-0.4, -0.2) is 15.7 Å². The van der Waals surface area contributed by atoms with Crippen molar-refractivity contribution in [1.82, 2.24) is 9.78 Å². The number of nitrogens with zero attached hydrogens (tertiary/aromatic N) is 2. The van der Waals surface area contributed by atoms with Crippen LogP contribution in [0.1, 0.15) is 5.56 Å². The van der Waals surface area contributed by atoms with Gasteiger partial charge in [-0.2, -0.15) is 5.10 Å². The second-order valence-electron chi connectivity index (χ2n) is 5.21. The molecule has 0 fully saturated rings. The Bertz CT molecular complexity index is 801.